The van der Waals surface area contributed by atoms with Gasteiger partial charge in [0.15, 0.2) is 0 Å². The van der Waals surface area contributed by atoms with E-state index in [1.54, 1.807) is 0 Å². The summed E-state index contributed by atoms with van der Waals surface area (Å²) in [6, 6.07) is 0. The third-order valence-corrected chi connectivity index (χ3v) is 1.90. The van der Waals surface area contributed by atoms with E-state index in [0.717, 1.165) is 19.1 Å². The molecule has 0 aliphatic heterocycles. The molecule has 0 aromatic rings. The predicted octanol–water partition coefficient (Wildman–Crippen LogP) is 1.97. The maximum Gasteiger partial charge on any atom is 0.123 e. The SMILES string of the molecule is O=CC1C[CH]CCCC1. The van der Waals surface area contributed by atoms with Crippen molar-refractivity contribution in [2.75, 3.05) is 0 Å². The van der Waals surface area contributed by atoms with Crippen LogP contribution in [0.4, 0.5) is 0 Å². The molecule has 0 N–H and O–H groups in total. The molecule has 0 heterocycles. The Balaban J connectivity index is 2.26. The van der Waals surface area contributed by atoms with Gasteiger partial charge in [0.05, 0.1) is 0 Å². The highest BCUT2D eigenvalue weighted by atomic mass is 16.1. The Hall–Kier alpha value is -0.330. The van der Waals surface area contributed by atoms with Gasteiger partial charge in [-0.25, -0.2) is 0 Å². The fourth-order valence-electron chi connectivity index (χ4n) is 1.27. The Bertz CT molecular complexity index is 80.6. The van der Waals surface area contributed by atoms with Crippen LogP contribution in [-0.2, 0) is 4.79 Å². The molecule has 1 rings (SSSR count). The number of rotatable bonds is 1. The van der Waals surface area contributed by atoms with E-state index in [2.05, 4.69) is 6.42 Å². The zero-order valence-electron chi connectivity index (χ0n) is 5.68. The van der Waals surface area contributed by atoms with Gasteiger partial charge in [0, 0.05) is 5.92 Å². The molecule has 1 radical (unpaired) electrons. The topological polar surface area (TPSA) is 17.1 Å². The van der Waals surface area contributed by atoms with Crippen molar-refractivity contribution in [3.63, 3.8) is 0 Å². The first-order chi connectivity index (χ1) is 4.43. The summed E-state index contributed by atoms with van der Waals surface area (Å²) >= 11 is 0. The van der Waals surface area contributed by atoms with Gasteiger partial charge in [0.1, 0.15) is 6.29 Å². The Kier molecular flexibility index (Phi) is 2.75. The molecule has 0 bridgehead atoms. The van der Waals surface area contributed by atoms with Crippen LogP contribution < -0.4 is 0 Å². The Morgan fingerprint density at radius 2 is 2.33 bits per heavy atom. The van der Waals surface area contributed by atoms with Crippen molar-refractivity contribution in [2.24, 2.45) is 5.92 Å². The number of hydrogen-bond acceptors (Lipinski definition) is 1. The van der Waals surface area contributed by atoms with Crippen molar-refractivity contribution in [2.45, 2.75) is 32.1 Å². The first-order valence-corrected chi connectivity index (χ1v) is 3.70. The normalized spacial score (nSPS) is 23.1. The lowest BCUT2D eigenvalue weighted by Crippen LogP contribution is -1.98. The van der Waals surface area contributed by atoms with Crippen molar-refractivity contribution in [3.8, 4) is 0 Å². The highest BCUT2D eigenvalue weighted by molar-refractivity contribution is 5.53. The van der Waals surface area contributed by atoms with E-state index in [9.17, 15) is 4.79 Å². The molecule has 0 amide bonds. The first kappa shape index (κ1) is 6.79. The van der Waals surface area contributed by atoms with Crippen molar-refractivity contribution in [1.82, 2.24) is 0 Å². The van der Waals surface area contributed by atoms with Gasteiger partial charge in [-0.2, -0.15) is 0 Å². The smallest absolute Gasteiger partial charge is 0.123 e. The van der Waals surface area contributed by atoms with E-state index < -0.39 is 0 Å². The molecule has 51 valence electrons. The van der Waals surface area contributed by atoms with Crippen molar-refractivity contribution in [3.05, 3.63) is 6.42 Å². The zero-order chi connectivity index (χ0) is 6.53. The van der Waals surface area contributed by atoms with Gasteiger partial charge in [0.2, 0.25) is 0 Å². The number of aldehydes is 1. The van der Waals surface area contributed by atoms with Crippen LogP contribution in [0.15, 0.2) is 0 Å². The molecule has 1 aliphatic carbocycles. The Morgan fingerprint density at radius 1 is 1.44 bits per heavy atom. The molecule has 1 unspecified atom stereocenters. The molecule has 1 heteroatoms. The highest BCUT2D eigenvalue weighted by Gasteiger charge is 2.09. The van der Waals surface area contributed by atoms with Gasteiger partial charge in [-0.05, 0) is 19.3 Å². The second-order valence-electron chi connectivity index (χ2n) is 2.70. The van der Waals surface area contributed by atoms with E-state index >= 15 is 0 Å². The van der Waals surface area contributed by atoms with E-state index in [1.165, 1.54) is 19.3 Å². The highest BCUT2D eigenvalue weighted by Crippen LogP contribution is 2.19. The molecule has 0 spiro atoms. The van der Waals surface area contributed by atoms with Crippen LogP contribution in [0.5, 0.6) is 0 Å². The van der Waals surface area contributed by atoms with E-state index in [1.807, 2.05) is 0 Å². The minimum atomic E-state index is 0.340. The third kappa shape index (κ3) is 2.17. The summed E-state index contributed by atoms with van der Waals surface area (Å²) < 4.78 is 0. The van der Waals surface area contributed by atoms with Gasteiger partial charge in [-0.1, -0.05) is 19.3 Å². The fraction of sp³-hybridized carbons (Fsp3) is 0.750. The second kappa shape index (κ2) is 3.65. The van der Waals surface area contributed by atoms with Gasteiger partial charge in [-0.15, -0.1) is 0 Å². The quantitative estimate of drug-likeness (QED) is 0.387. The first-order valence-electron chi connectivity index (χ1n) is 3.70. The van der Waals surface area contributed by atoms with E-state index in [4.69, 9.17) is 0 Å². The van der Waals surface area contributed by atoms with Crippen LogP contribution in [0.2, 0.25) is 0 Å². The molecule has 1 aliphatic rings. The minimum Gasteiger partial charge on any atom is -0.303 e. The van der Waals surface area contributed by atoms with Crippen LogP contribution >= 0.6 is 0 Å². The van der Waals surface area contributed by atoms with Gasteiger partial charge < -0.3 is 4.79 Å². The van der Waals surface area contributed by atoms with Crippen LogP contribution in [0.1, 0.15) is 32.1 Å². The largest absolute Gasteiger partial charge is 0.303 e. The summed E-state index contributed by atoms with van der Waals surface area (Å²) in [5.41, 5.74) is 0. The summed E-state index contributed by atoms with van der Waals surface area (Å²) in [4.78, 5) is 10.3. The van der Waals surface area contributed by atoms with Gasteiger partial charge in [0.25, 0.3) is 0 Å². The lowest BCUT2D eigenvalue weighted by molar-refractivity contribution is -0.111. The summed E-state index contributed by atoms with van der Waals surface area (Å²) in [5.74, 6) is 0.340. The minimum absolute atomic E-state index is 0.340. The average Bonchev–Trinajstić information content (AvgIpc) is 2.13. The number of hydrogen-bond donors (Lipinski definition) is 0. The Labute approximate surface area is 56.4 Å². The second-order valence-corrected chi connectivity index (χ2v) is 2.70. The average molecular weight is 125 g/mol. The molecular formula is C8H13O. The lowest BCUT2D eigenvalue weighted by Gasteiger charge is -2.01. The molecule has 1 fully saturated rings. The van der Waals surface area contributed by atoms with Gasteiger partial charge in [-0.3, -0.25) is 0 Å². The summed E-state index contributed by atoms with van der Waals surface area (Å²) in [5, 5.41) is 0. The lowest BCUT2D eigenvalue weighted by atomic mass is 10.0. The summed E-state index contributed by atoms with van der Waals surface area (Å²) in [6.07, 6.45) is 9.20. The molecule has 1 nitrogen and oxygen atoms in total. The molecule has 0 saturated heterocycles. The maximum atomic E-state index is 10.3. The van der Waals surface area contributed by atoms with E-state index in [0.29, 0.717) is 5.92 Å². The molecule has 0 aromatic carbocycles. The fourth-order valence-corrected chi connectivity index (χ4v) is 1.27. The molecule has 1 atom stereocenters. The monoisotopic (exact) mass is 125 g/mol. The number of carbonyl (C=O) groups is 1. The van der Waals surface area contributed by atoms with Crippen LogP contribution in [0.25, 0.3) is 0 Å². The third-order valence-electron chi connectivity index (χ3n) is 1.90. The van der Waals surface area contributed by atoms with Crippen molar-refractivity contribution >= 4 is 6.29 Å². The van der Waals surface area contributed by atoms with Crippen LogP contribution in [0, 0.1) is 12.3 Å². The summed E-state index contributed by atoms with van der Waals surface area (Å²) in [7, 11) is 0. The summed E-state index contributed by atoms with van der Waals surface area (Å²) in [6.45, 7) is 0. The van der Waals surface area contributed by atoms with E-state index in [-0.39, 0.29) is 0 Å². The Morgan fingerprint density at radius 3 is 3.11 bits per heavy atom. The zero-order valence-corrected chi connectivity index (χ0v) is 5.68. The van der Waals surface area contributed by atoms with Crippen molar-refractivity contribution < 1.29 is 4.79 Å². The van der Waals surface area contributed by atoms with Gasteiger partial charge >= 0.3 is 0 Å². The van der Waals surface area contributed by atoms with Crippen LogP contribution in [-0.4, -0.2) is 6.29 Å². The predicted molar refractivity (Wildman–Crippen MR) is 36.9 cm³/mol. The molecule has 1 saturated carbocycles. The number of carbonyl (C=O) groups excluding carboxylic acids is 1. The van der Waals surface area contributed by atoms with Crippen molar-refractivity contribution in [1.29, 1.82) is 0 Å². The molecular weight excluding hydrogens is 112 g/mol. The van der Waals surface area contributed by atoms with Crippen LogP contribution in [0.3, 0.4) is 0 Å². The molecule has 9 heavy (non-hydrogen) atoms. The molecule has 0 aromatic heterocycles. The maximum absolute atomic E-state index is 10.3. The standard InChI is InChI=1S/C8H13O/c9-7-8-5-3-1-2-4-6-8/h3,7-8H,1-2,4-6H2.